The molecule has 1 aliphatic rings. The Bertz CT molecular complexity index is 1010. The van der Waals surface area contributed by atoms with E-state index in [9.17, 15) is 26.4 Å². The van der Waals surface area contributed by atoms with E-state index in [1.165, 1.54) is 12.1 Å². The molecular weight excluding hydrogens is 407 g/mol. The molecule has 0 fully saturated rings. The molecule has 1 heterocycles. The lowest BCUT2D eigenvalue weighted by Crippen LogP contribution is -2.38. The first-order chi connectivity index (χ1) is 13.6. The maximum absolute atomic E-state index is 13.0. The topological polar surface area (TPSA) is 87.3 Å². The molecule has 29 heavy (non-hydrogen) atoms. The molecule has 2 aromatic carbocycles. The number of rotatable bonds is 5. The van der Waals surface area contributed by atoms with Crippen LogP contribution in [0, 0.1) is 0 Å². The molecule has 6 nitrogen and oxygen atoms in total. The van der Waals surface area contributed by atoms with Crippen LogP contribution in [0.3, 0.4) is 0 Å². The van der Waals surface area contributed by atoms with Crippen molar-refractivity contribution in [3.05, 3.63) is 59.2 Å². The van der Waals surface area contributed by atoms with Crippen molar-refractivity contribution in [2.24, 2.45) is 0 Å². The van der Waals surface area contributed by atoms with Crippen molar-refractivity contribution in [1.82, 2.24) is 10.0 Å². The summed E-state index contributed by atoms with van der Waals surface area (Å²) in [5.74, 6) is -0.248. The zero-order valence-electron chi connectivity index (χ0n) is 15.5. The Kier molecular flexibility index (Phi) is 5.85. The molecule has 0 unspecified atom stereocenters. The average molecular weight is 427 g/mol. The first-order valence-corrected chi connectivity index (χ1v) is 10.5. The number of nitrogens with one attached hydrogen (secondary N) is 3. The molecular formula is C19H20F3N3O3S. The van der Waals surface area contributed by atoms with E-state index < -0.39 is 27.9 Å². The molecule has 0 bridgehead atoms. The van der Waals surface area contributed by atoms with E-state index in [1.807, 2.05) is 6.92 Å². The fraction of sp³-hybridized carbons (Fsp3) is 0.316. The number of anilines is 1. The summed E-state index contributed by atoms with van der Waals surface area (Å²) in [6.45, 7) is 2.56. The number of hydrogen-bond acceptors (Lipinski definition) is 4. The van der Waals surface area contributed by atoms with Gasteiger partial charge in [-0.05, 0) is 42.3 Å². The highest BCUT2D eigenvalue weighted by atomic mass is 32.2. The molecule has 0 spiro atoms. The van der Waals surface area contributed by atoms with E-state index in [4.69, 9.17) is 0 Å². The van der Waals surface area contributed by atoms with E-state index in [0.29, 0.717) is 17.7 Å². The first kappa shape index (κ1) is 21.1. The Balaban J connectivity index is 1.83. The minimum absolute atomic E-state index is 0.134. The van der Waals surface area contributed by atoms with E-state index >= 15 is 0 Å². The van der Waals surface area contributed by atoms with Gasteiger partial charge in [0.1, 0.15) is 11.1 Å². The van der Waals surface area contributed by atoms with Gasteiger partial charge in [-0.15, -0.1) is 0 Å². The molecule has 0 aromatic heterocycles. The lowest BCUT2D eigenvalue weighted by molar-refractivity contribution is -0.137. The monoisotopic (exact) mass is 427 g/mol. The molecule has 1 aliphatic heterocycles. The molecule has 1 atom stereocenters. The van der Waals surface area contributed by atoms with Crippen LogP contribution in [0.4, 0.5) is 18.9 Å². The van der Waals surface area contributed by atoms with Crippen LogP contribution in [0.25, 0.3) is 0 Å². The predicted octanol–water partition coefficient (Wildman–Crippen LogP) is 3.64. The van der Waals surface area contributed by atoms with Gasteiger partial charge in [0, 0.05) is 12.1 Å². The van der Waals surface area contributed by atoms with Gasteiger partial charge >= 0.3 is 6.18 Å². The number of fused-ring (bicyclic) bond motifs is 1. The highest BCUT2D eigenvalue weighted by molar-refractivity contribution is 7.89. The molecule has 0 radical (unpaired) electrons. The summed E-state index contributed by atoms with van der Waals surface area (Å²) in [4.78, 5) is 11.8. The summed E-state index contributed by atoms with van der Waals surface area (Å²) in [6, 6.07) is 8.60. The fourth-order valence-electron chi connectivity index (χ4n) is 2.92. The molecule has 10 heteroatoms. The summed E-state index contributed by atoms with van der Waals surface area (Å²) in [5.41, 5.74) is -0.214. The van der Waals surface area contributed by atoms with Crippen molar-refractivity contribution in [1.29, 1.82) is 0 Å². The van der Waals surface area contributed by atoms with Gasteiger partial charge in [-0.25, -0.2) is 8.42 Å². The number of benzene rings is 2. The Labute approximate surface area is 166 Å². The van der Waals surface area contributed by atoms with Gasteiger partial charge < -0.3 is 10.6 Å². The van der Waals surface area contributed by atoms with Crippen molar-refractivity contribution in [3.8, 4) is 0 Å². The third-order valence-corrected chi connectivity index (χ3v) is 5.97. The standard InChI is InChI=1S/C19H20F3N3O3S/c1-2-3-10-23-18(26)13-6-4-12(5-7-13)17-24-15-11-14(19(20,21)22)8-9-16(15)29(27,28)25-17/h4-9,11,17,24-25H,2-3,10H2,1H3,(H,23,26)/t17-/m1/s1. The molecule has 0 saturated heterocycles. The Hall–Kier alpha value is -2.59. The number of carbonyl (C=O) groups excluding carboxylic acids is 1. The predicted molar refractivity (Wildman–Crippen MR) is 102 cm³/mol. The zero-order valence-corrected chi connectivity index (χ0v) is 16.3. The molecule has 1 amide bonds. The minimum Gasteiger partial charge on any atom is -0.364 e. The van der Waals surface area contributed by atoms with Crippen LogP contribution in [0.15, 0.2) is 47.4 Å². The number of hydrogen-bond donors (Lipinski definition) is 3. The van der Waals surface area contributed by atoms with Gasteiger partial charge in [0.15, 0.2) is 0 Å². The second kappa shape index (κ2) is 8.03. The lowest BCUT2D eigenvalue weighted by Gasteiger charge is -2.29. The van der Waals surface area contributed by atoms with Gasteiger partial charge in [-0.2, -0.15) is 17.9 Å². The molecule has 3 N–H and O–H groups in total. The van der Waals surface area contributed by atoms with Crippen molar-refractivity contribution in [3.63, 3.8) is 0 Å². The van der Waals surface area contributed by atoms with Gasteiger partial charge in [0.25, 0.3) is 5.91 Å². The van der Waals surface area contributed by atoms with Gasteiger partial charge in [-0.3, -0.25) is 4.79 Å². The number of carbonyl (C=O) groups is 1. The van der Waals surface area contributed by atoms with E-state index in [0.717, 1.165) is 31.0 Å². The van der Waals surface area contributed by atoms with Crippen LogP contribution >= 0.6 is 0 Å². The van der Waals surface area contributed by atoms with Gasteiger partial charge in [0.05, 0.1) is 11.3 Å². The maximum atomic E-state index is 13.0. The number of unbranched alkanes of at least 4 members (excludes halogenated alkanes) is 1. The Morgan fingerprint density at radius 1 is 1.14 bits per heavy atom. The maximum Gasteiger partial charge on any atom is 0.416 e. The van der Waals surface area contributed by atoms with Crippen molar-refractivity contribution >= 4 is 21.6 Å². The molecule has 156 valence electrons. The largest absolute Gasteiger partial charge is 0.416 e. The van der Waals surface area contributed by atoms with E-state index in [2.05, 4.69) is 15.4 Å². The summed E-state index contributed by atoms with van der Waals surface area (Å²) in [6.07, 6.45) is -3.75. The fourth-order valence-corrected chi connectivity index (χ4v) is 4.20. The summed E-state index contributed by atoms with van der Waals surface area (Å²) in [5, 5.41) is 5.55. The van der Waals surface area contributed by atoms with Crippen molar-refractivity contribution in [2.45, 2.75) is 37.0 Å². The van der Waals surface area contributed by atoms with Crippen LogP contribution in [0.1, 0.15) is 47.4 Å². The van der Waals surface area contributed by atoms with Crippen molar-refractivity contribution in [2.75, 3.05) is 11.9 Å². The molecule has 3 rings (SSSR count). The molecule has 0 saturated carbocycles. The Morgan fingerprint density at radius 2 is 1.83 bits per heavy atom. The SMILES string of the molecule is CCCCNC(=O)c1ccc([C@@H]2Nc3cc(C(F)(F)F)ccc3S(=O)(=O)N2)cc1. The van der Waals surface area contributed by atoms with Gasteiger partial charge in [-0.1, -0.05) is 25.5 Å². The normalized spacial score (nSPS) is 17.9. The number of halogens is 3. The quantitative estimate of drug-likeness (QED) is 0.636. The van der Waals surface area contributed by atoms with E-state index in [1.54, 1.807) is 12.1 Å². The minimum atomic E-state index is -4.59. The highest BCUT2D eigenvalue weighted by Crippen LogP contribution is 2.37. The Morgan fingerprint density at radius 3 is 2.45 bits per heavy atom. The zero-order chi connectivity index (χ0) is 21.2. The number of sulfonamides is 1. The first-order valence-electron chi connectivity index (χ1n) is 9.00. The molecule has 0 aliphatic carbocycles. The van der Waals surface area contributed by atoms with Crippen LogP contribution in [0.2, 0.25) is 0 Å². The van der Waals surface area contributed by atoms with Crippen LogP contribution in [-0.4, -0.2) is 20.9 Å². The molecule has 2 aromatic rings. The smallest absolute Gasteiger partial charge is 0.364 e. The van der Waals surface area contributed by atoms with Gasteiger partial charge in [0.2, 0.25) is 10.0 Å². The van der Waals surface area contributed by atoms with E-state index in [-0.39, 0.29) is 16.5 Å². The van der Waals surface area contributed by atoms with Crippen LogP contribution in [0.5, 0.6) is 0 Å². The van der Waals surface area contributed by atoms with Crippen LogP contribution < -0.4 is 15.4 Å². The summed E-state index contributed by atoms with van der Waals surface area (Å²) >= 11 is 0. The number of alkyl halides is 3. The highest BCUT2D eigenvalue weighted by Gasteiger charge is 2.35. The summed E-state index contributed by atoms with van der Waals surface area (Å²) in [7, 11) is -4.00. The average Bonchev–Trinajstić information content (AvgIpc) is 2.66. The second-order valence-corrected chi connectivity index (χ2v) is 8.32. The third-order valence-electron chi connectivity index (χ3n) is 4.49. The number of amides is 1. The lowest BCUT2D eigenvalue weighted by atomic mass is 10.1. The summed E-state index contributed by atoms with van der Waals surface area (Å²) < 4.78 is 66.2. The van der Waals surface area contributed by atoms with Crippen molar-refractivity contribution < 1.29 is 26.4 Å². The second-order valence-electron chi connectivity index (χ2n) is 6.64. The third kappa shape index (κ3) is 4.70. The van der Waals surface area contributed by atoms with Crippen LogP contribution in [-0.2, 0) is 16.2 Å².